The van der Waals surface area contributed by atoms with Crippen molar-refractivity contribution >= 4 is 17.7 Å². The molecular formula is C23H25NO4. The van der Waals surface area contributed by atoms with E-state index in [4.69, 9.17) is 0 Å². The molecule has 1 saturated carbocycles. The molecule has 1 atom stereocenters. The smallest absolute Gasteiger partial charge is 0.326 e. The fourth-order valence-corrected chi connectivity index (χ4v) is 3.64. The zero-order chi connectivity index (χ0) is 19.9. The first-order valence-electron chi connectivity index (χ1n) is 9.76. The van der Waals surface area contributed by atoms with Gasteiger partial charge in [0.25, 0.3) is 0 Å². The van der Waals surface area contributed by atoms with Gasteiger partial charge in [-0.15, -0.1) is 0 Å². The number of carboxylic acids is 1. The van der Waals surface area contributed by atoms with E-state index in [9.17, 15) is 19.5 Å². The summed E-state index contributed by atoms with van der Waals surface area (Å²) >= 11 is 0. The zero-order valence-corrected chi connectivity index (χ0v) is 15.8. The van der Waals surface area contributed by atoms with Gasteiger partial charge in [0, 0.05) is 23.5 Å². The van der Waals surface area contributed by atoms with E-state index in [0.717, 1.165) is 37.7 Å². The molecule has 3 rings (SSSR count). The van der Waals surface area contributed by atoms with E-state index in [1.165, 1.54) is 0 Å². The normalized spacial score (nSPS) is 15.6. The number of ketones is 1. The molecule has 0 bridgehead atoms. The molecule has 2 aromatic carbocycles. The lowest BCUT2D eigenvalue weighted by Crippen LogP contribution is -2.45. The molecule has 146 valence electrons. The number of amides is 1. The van der Waals surface area contributed by atoms with Gasteiger partial charge in [0.15, 0.2) is 5.78 Å². The lowest BCUT2D eigenvalue weighted by atomic mass is 9.88. The molecule has 1 fully saturated rings. The van der Waals surface area contributed by atoms with Crippen LogP contribution in [0.4, 0.5) is 0 Å². The number of nitrogens with one attached hydrogen (secondary N) is 1. The second-order valence-electron chi connectivity index (χ2n) is 7.33. The summed E-state index contributed by atoms with van der Waals surface area (Å²) in [7, 11) is 0. The van der Waals surface area contributed by atoms with Crippen LogP contribution in [0.5, 0.6) is 0 Å². The largest absolute Gasteiger partial charge is 0.480 e. The third-order valence-electron chi connectivity index (χ3n) is 5.28. The van der Waals surface area contributed by atoms with Crippen molar-refractivity contribution in [2.75, 3.05) is 0 Å². The lowest BCUT2D eigenvalue weighted by molar-refractivity contribution is -0.142. The van der Waals surface area contributed by atoms with Gasteiger partial charge in [-0.05, 0) is 18.4 Å². The summed E-state index contributed by atoms with van der Waals surface area (Å²) in [6.45, 7) is 0. The van der Waals surface area contributed by atoms with Crippen molar-refractivity contribution in [1.82, 2.24) is 5.32 Å². The van der Waals surface area contributed by atoms with Gasteiger partial charge in [-0.2, -0.15) is 0 Å². The molecule has 0 aliphatic heterocycles. The summed E-state index contributed by atoms with van der Waals surface area (Å²) in [4.78, 5) is 36.5. The van der Waals surface area contributed by atoms with E-state index in [0.29, 0.717) is 11.1 Å². The molecule has 0 saturated heterocycles. The number of hydrogen-bond donors (Lipinski definition) is 2. The van der Waals surface area contributed by atoms with Crippen molar-refractivity contribution in [1.29, 1.82) is 0 Å². The highest BCUT2D eigenvalue weighted by molar-refractivity contribution is 6.08. The highest BCUT2D eigenvalue weighted by Gasteiger charge is 2.26. The van der Waals surface area contributed by atoms with E-state index in [-0.39, 0.29) is 24.0 Å². The van der Waals surface area contributed by atoms with Crippen LogP contribution >= 0.6 is 0 Å². The molecular weight excluding hydrogens is 354 g/mol. The molecule has 0 aromatic heterocycles. The number of hydrogen-bond acceptors (Lipinski definition) is 3. The Kier molecular flexibility index (Phi) is 6.58. The van der Waals surface area contributed by atoms with Crippen LogP contribution in [0, 0.1) is 5.92 Å². The number of carbonyl (C=O) groups is 3. The van der Waals surface area contributed by atoms with Gasteiger partial charge < -0.3 is 10.4 Å². The average molecular weight is 379 g/mol. The molecule has 0 spiro atoms. The van der Waals surface area contributed by atoms with Crippen LogP contribution in [0.3, 0.4) is 0 Å². The minimum atomic E-state index is -1.05. The Balaban J connectivity index is 1.64. The van der Waals surface area contributed by atoms with Crippen molar-refractivity contribution in [2.45, 2.75) is 44.6 Å². The van der Waals surface area contributed by atoms with Crippen LogP contribution in [0.1, 0.15) is 53.6 Å². The molecule has 1 aliphatic rings. The Hall–Kier alpha value is -2.95. The fraction of sp³-hybridized carbons (Fsp3) is 0.348. The maximum absolute atomic E-state index is 12.5. The Bertz CT molecular complexity index is 823. The fourth-order valence-electron chi connectivity index (χ4n) is 3.64. The van der Waals surface area contributed by atoms with Crippen molar-refractivity contribution in [2.24, 2.45) is 5.92 Å². The van der Waals surface area contributed by atoms with E-state index in [1.54, 1.807) is 36.4 Å². The monoisotopic (exact) mass is 379 g/mol. The average Bonchev–Trinajstić information content (AvgIpc) is 2.74. The lowest BCUT2D eigenvalue weighted by Gasteiger charge is -2.23. The van der Waals surface area contributed by atoms with Crippen molar-refractivity contribution in [3.05, 3.63) is 71.3 Å². The van der Waals surface area contributed by atoms with Crippen molar-refractivity contribution < 1.29 is 19.5 Å². The summed E-state index contributed by atoms with van der Waals surface area (Å²) in [5.41, 5.74) is 1.92. The van der Waals surface area contributed by atoms with Gasteiger partial charge in [0.2, 0.25) is 5.91 Å². The molecule has 2 aromatic rings. The number of aliphatic carboxylic acids is 1. The molecule has 1 aliphatic carbocycles. The molecule has 1 amide bonds. The summed E-state index contributed by atoms with van der Waals surface area (Å²) in [6.07, 6.45) is 5.02. The first-order chi connectivity index (χ1) is 13.5. The van der Waals surface area contributed by atoms with Crippen LogP contribution < -0.4 is 5.32 Å². The Morgan fingerprint density at radius 2 is 1.50 bits per heavy atom. The Morgan fingerprint density at radius 1 is 0.893 bits per heavy atom. The third kappa shape index (κ3) is 5.06. The van der Waals surface area contributed by atoms with Crippen LogP contribution in [0.25, 0.3) is 0 Å². The van der Waals surface area contributed by atoms with Crippen molar-refractivity contribution in [3.8, 4) is 0 Å². The van der Waals surface area contributed by atoms with Gasteiger partial charge >= 0.3 is 5.97 Å². The summed E-state index contributed by atoms with van der Waals surface area (Å²) < 4.78 is 0. The van der Waals surface area contributed by atoms with Gasteiger partial charge in [0.05, 0.1) is 0 Å². The number of carboxylic acid groups (broad SMARTS) is 1. The van der Waals surface area contributed by atoms with Crippen LogP contribution in [0.15, 0.2) is 54.6 Å². The summed E-state index contributed by atoms with van der Waals surface area (Å²) in [5, 5.41) is 12.2. The molecule has 0 unspecified atom stereocenters. The quantitative estimate of drug-likeness (QED) is 0.720. The minimum Gasteiger partial charge on any atom is -0.480 e. The minimum absolute atomic E-state index is 0.0764. The molecule has 0 radical (unpaired) electrons. The SMILES string of the molecule is O=C(c1ccccc1)c1ccc(C[C@@H](NC(=O)C2CCCCC2)C(=O)O)cc1. The van der Waals surface area contributed by atoms with Gasteiger partial charge in [0.1, 0.15) is 6.04 Å². The second kappa shape index (κ2) is 9.31. The topological polar surface area (TPSA) is 83.5 Å². The highest BCUT2D eigenvalue weighted by atomic mass is 16.4. The molecule has 5 heteroatoms. The maximum Gasteiger partial charge on any atom is 0.326 e. The standard InChI is InChI=1S/C23H25NO4/c25-21(17-7-3-1-4-8-17)18-13-11-16(12-14-18)15-20(23(27)28)24-22(26)19-9-5-2-6-10-19/h1,3-4,7-8,11-14,19-20H,2,5-6,9-10,15H2,(H,24,26)(H,27,28)/t20-/m1/s1. The van der Waals surface area contributed by atoms with Crippen LogP contribution in [-0.4, -0.2) is 28.8 Å². The molecule has 5 nitrogen and oxygen atoms in total. The molecule has 2 N–H and O–H groups in total. The van der Waals surface area contributed by atoms with E-state index in [1.807, 2.05) is 18.2 Å². The van der Waals surface area contributed by atoms with E-state index in [2.05, 4.69) is 5.32 Å². The first kappa shape index (κ1) is 19.8. The van der Waals surface area contributed by atoms with Gasteiger partial charge in [-0.1, -0.05) is 73.9 Å². The second-order valence-corrected chi connectivity index (χ2v) is 7.33. The summed E-state index contributed by atoms with van der Waals surface area (Å²) in [5.74, 6) is -1.37. The molecule has 28 heavy (non-hydrogen) atoms. The van der Waals surface area contributed by atoms with E-state index < -0.39 is 12.0 Å². The number of carbonyl (C=O) groups excluding carboxylic acids is 2. The summed E-state index contributed by atoms with van der Waals surface area (Å²) in [6, 6.07) is 14.9. The van der Waals surface area contributed by atoms with Crippen LogP contribution in [-0.2, 0) is 16.0 Å². The Labute approximate surface area is 164 Å². The van der Waals surface area contributed by atoms with Gasteiger partial charge in [-0.3, -0.25) is 9.59 Å². The Morgan fingerprint density at radius 3 is 2.11 bits per heavy atom. The zero-order valence-electron chi connectivity index (χ0n) is 15.8. The molecule has 0 heterocycles. The first-order valence-corrected chi connectivity index (χ1v) is 9.76. The van der Waals surface area contributed by atoms with Crippen LogP contribution in [0.2, 0.25) is 0 Å². The number of rotatable bonds is 7. The van der Waals surface area contributed by atoms with Gasteiger partial charge in [-0.25, -0.2) is 4.79 Å². The predicted octanol–water partition coefficient (Wildman–Crippen LogP) is 3.61. The maximum atomic E-state index is 12.5. The number of benzene rings is 2. The van der Waals surface area contributed by atoms with Crippen molar-refractivity contribution in [3.63, 3.8) is 0 Å². The predicted molar refractivity (Wildman–Crippen MR) is 106 cm³/mol. The highest BCUT2D eigenvalue weighted by Crippen LogP contribution is 2.24. The van der Waals surface area contributed by atoms with E-state index >= 15 is 0 Å². The third-order valence-corrected chi connectivity index (χ3v) is 5.28.